The summed E-state index contributed by atoms with van der Waals surface area (Å²) in [6, 6.07) is 18.6. The van der Waals surface area contributed by atoms with Crippen molar-refractivity contribution in [3.05, 3.63) is 99.7 Å². The van der Waals surface area contributed by atoms with Gasteiger partial charge in [0, 0.05) is 11.3 Å². The van der Waals surface area contributed by atoms with Crippen LogP contribution >= 0.6 is 0 Å². The van der Waals surface area contributed by atoms with E-state index in [4.69, 9.17) is 4.42 Å². The highest BCUT2D eigenvalue weighted by Gasteiger charge is 2.22. The van der Waals surface area contributed by atoms with Gasteiger partial charge in [0.15, 0.2) is 5.76 Å². The van der Waals surface area contributed by atoms with Crippen molar-refractivity contribution in [2.45, 2.75) is 20.4 Å². The Morgan fingerprint density at radius 2 is 1.82 bits per heavy atom. The molecule has 4 rings (SSSR count). The molecule has 140 valence electrons. The number of aromatic nitrogens is 1. The first-order chi connectivity index (χ1) is 13.5. The lowest BCUT2D eigenvalue weighted by Crippen LogP contribution is -2.32. The van der Waals surface area contributed by atoms with Gasteiger partial charge in [-0.3, -0.25) is 9.59 Å². The van der Waals surface area contributed by atoms with Crippen LogP contribution in [0.1, 0.15) is 27.2 Å². The average Bonchev–Trinajstić information content (AvgIpc) is 3.22. The third-order valence-electron chi connectivity index (χ3n) is 4.82. The predicted molar refractivity (Wildman–Crippen MR) is 110 cm³/mol. The van der Waals surface area contributed by atoms with Crippen molar-refractivity contribution in [2.24, 2.45) is 0 Å². The molecule has 0 bridgehead atoms. The smallest absolute Gasteiger partial charge is 0.294 e. The largest absolute Gasteiger partial charge is 0.459 e. The third-order valence-corrected chi connectivity index (χ3v) is 4.82. The monoisotopic (exact) mass is 372 g/mol. The molecule has 1 amide bonds. The number of carbonyl (C=O) groups excluding carboxylic acids is 1. The number of nitrogens with one attached hydrogen (secondary N) is 1. The lowest BCUT2D eigenvalue weighted by Gasteiger charge is -2.22. The summed E-state index contributed by atoms with van der Waals surface area (Å²) in [7, 11) is 0. The van der Waals surface area contributed by atoms with Gasteiger partial charge in [-0.05, 0) is 55.1 Å². The molecule has 2 aromatic heterocycles. The molecule has 1 N–H and O–H groups in total. The molecule has 2 heterocycles. The topological polar surface area (TPSA) is 66.3 Å². The molecule has 28 heavy (non-hydrogen) atoms. The quantitative estimate of drug-likeness (QED) is 0.570. The SMILES string of the molecule is Cc1ccc(N(Cc2cc3cccc(C)c3[nH]c2=O)C(=O)c2ccco2)cc1. The Labute approximate surface area is 162 Å². The third kappa shape index (κ3) is 3.34. The van der Waals surface area contributed by atoms with Crippen molar-refractivity contribution in [1.82, 2.24) is 4.98 Å². The molecule has 2 aromatic carbocycles. The summed E-state index contributed by atoms with van der Waals surface area (Å²) >= 11 is 0. The maximum absolute atomic E-state index is 13.0. The van der Waals surface area contributed by atoms with Crippen LogP contribution in [0.25, 0.3) is 10.9 Å². The molecule has 0 aliphatic heterocycles. The van der Waals surface area contributed by atoms with Gasteiger partial charge < -0.3 is 14.3 Å². The van der Waals surface area contributed by atoms with Gasteiger partial charge in [-0.2, -0.15) is 0 Å². The summed E-state index contributed by atoms with van der Waals surface area (Å²) in [5.41, 5.74) is 3.92. The number of nitrogens with zero attached hydrogens (tertiary/aromatic N) is 1. The van der Waals surface area contributed by atoms with E-state index in [1.165, 1.54) is 6.26 Å². The highest BCUT2D eigenvalue weighted by molar-refractivity contribution is 6.04. The zero-order valence-electron chi connectivity index (χ0n) is 15.7. The molecule has 0 spiro atoms. The van der Waals surface area contributed by atoms with E-state index >= 15 is 0 Å². The Bertz CT molecular complexity index is 1190. The molecule has 0 aliphatic carbocycles. The number of aromatic amines is 1. The lowest BCUT2D eigenvalue weighted by atomic mass is 10.1. The second kappa shape index (κ2) is 7.19. The Balaban J connectivity index is 1.78. The highest BCUT2D eigenvalue weighted by atomic mass is 16.3. The summed E-state index contributed by atoms with van der Waals surface area (Å²) in [5, 5.41) is 0.934. The molecular weight excluding hydrogens is 352 g/mol. The summed E-state index contributed by atoms with van der Waals surface area (Å²) in [4.78, 5) is 30.3. The fourth-order valence-corrected chi connectivity index (χ4v) is 3.25. The average molecular weight is 372 g/mol. The van der Waals surface area contributed by atoms with E-state index < -0.39 is 0 Å². The maximum Gasteiger partial charge on any atom is 0.294 e. The van der Waals surface area contributed by atoms with E-state index in [0.29, 0.717) is 11.3 Å². The first kappa shape index (κ1) is 17.8. The van der Waals surface area contributed by atoms with Gasteiger partial charge in [0.05, 0.1) is 18.3 Å². The number of aryl methyl sites for hydroxylation is 2. The molecule has 0 radical (unpaired) electrons. The van der Waals surface area contributed by atoms with Crippen molar-refractivity contribution >= 4 is 22.5 Å². The number of hydrogen-bond acceptors (Lipinski definition) is 3. The standard InChI is InChI=1S/C23H20N2O3/c1-15-8-10-19(11-9-15)25(23(27)20-7-4-12-28-20)14-18-13-17-6-3-5-16(2)21(17)24-22(18)26/h3-13H,14H2,1-2H3,(H,24,26). The molecule has 0 aliphatic rings. The van der Waals surface area contributed by atoms with Gasteiger partial charge in [0.2, 0.25) is 0 Å². The zero-order valence-corrected chi connectivity index (χ0v) is 15.7. The number of anilines is 1. The summed E-state index contributed by atoms with van der Waals surface area (Å²) in [6.45, 7) is 4.08. The summed E-state index contributed by atoms with van der Waals surface area (Å²) in [6.07, 6.45) is 1.46. The van der Waals surface area contributed by atoms with Crippen molar-refractivity contribution in [2.75, 3.05) is 4.90 Å². The van der Waals surface area contributed by atoms with Gasteiger partial charge in [-0.15, -0.1) is 0 Å². The number of fused-ring (bicyclic) bond motifs is 1. The van der Waals surface area contributed by atoms with Crippen LogP contribution in [0.2, 0.25) is 0 Å². The fraction of sp³-hybridized carbons (Fsp3) is 0.130. The Kier molecular flexibility index (Phi) is 4.57. The minimum absolute atomic E-state index is 0.141. The molecule has 0 saturated heterocycles. The van der Waals surface area contributed by atoms with Crippen LogP contribution in [0, 0.1) is 13.8 Å². The molecule has 5 nitrogen and oxygen atoms in total. The predicted octanol–water partition coefficient (Wildman–Crippen LogP) is 4.58. The number of rotatable bonds is 4. The Morgan fingerprint density at radius 3 is 2.54 bits per heavy atom. The Morgan fingerprint density at radius 1 is 1.04 bits per heavy atom. The highest BCUT2D eigenvalue weighted by Crippen LogP contribution is 2.22. The van der Waals surface area contributed by atoms with E-state index in [1.54, 1.807) is 17.0 Å². The van der Waals surface area contributed by atoms with Crippen LogP contribution in [-0.4, -0.2) is 10.9 Å². The normalized spacial score (nSPS) is 10.9. The first-order valence-electron chi connectivity index (χ1n) is 9.06. The number of amides is 1. The van der Waals surface area contributed by atoms with Gasteiger partial charge in [0.25, 0.3) is 11.5 Å². The van der Waals surface area contributed by atoms with Crippen molar-refractivity contribution in [3.63, 3.8) is 0 Å². The number of para-hydroxylation sites is 1. The van der Waals surface area contributed by atoms with Crippen molar-refractivity contribution < 1.29 is 9.21 Å². The molecule has 0 atom stereocenters. The number of pyridine rings is 1. The van der Waals surface area contributed by atoms with E-state index in [-0.39, 0.29) is 23.8 Å². The van der Waals surface area contributed by atoms with Crippen LogP contribution in [0.5, 0.6) is 0 Å². The van der Waals surface area contributed by atoms with Crippen LogP contribution in [0.4, 0.5) is 5.69 Å². The minimum Gasteiger partial charge on any atom is -0.459 e. The molecule has 4 aromatic rings. The number of furan rings is 1. The number of carbonyl (C=O) groups is 1. The van der Waals surface area contributed by atoms with Crippen LogP contribution in [0.15, 0.2) is 76.1 Å². The van der Waals surface area contributed by atoms with Crippen molar-refractivity contribution in [3.8, 4) is 0 Å². The van der Waals surface area contributed by atoms with Crippen molar-refractivity contribution in [1.29, 1.82) is 0 Å². The molecular formula is C23H20N2O3. The number of H-pyrrole nitrogens is 1. The van der Waals surface area contributed by atoms with Gasteiger partial charge in [-0.1, -0.05) is 35.9 Å². The zero-order chi connectivity index (χ0) is 19.7. The molecule has 0 saturated carbocycles. The maximum atomic E-state index is 13.0. The number of hydrogen-bond donors (Lipinski definition) is 1. The number of benzene rings is 2. The van der Waals surface area contributed by atoms with Crippen LogP contribution < -0.4 is 10.5 Å². The second-order valence-electron chi connectivity index (χ2n) is 6.87. The summed E-state index contributed by atoms with van der Waals surface area (Å²) in [5.74, 6) is -0.0637. The van der Waals surface area contributed by atoms with E-state index in [2.05, 4.69) is 4.98 Å². The lowest BCUT2D eigenvalue weighted by molar-refractivity contribution is 0.0958. The van der Waals surface area contributed by atoms with Gasteiger partial charge in [0.1, 0.15) is 0 Å². The van der Waals surface area contributed by atoms with E-state index in [0.717, 1.165) is 22.0 Å². The van der Waals surface area contributed by atoms with E-state index in [9.17, 15) is 9.59 Å². The molecule has 0 fully saturated rings. The van der Waals surface area contributed by atoms with Gasteiger partial charge >= 0.3 is 0 Å². The minimum atomic E-state index is -0.294. The fourth-order valence-electron chi connectivity index (χ4n) is 3.25. The van der Waals surface area contributed by atoms with Gasteiger partial charge in [-0.25, -0.2) is 0 Å². The van der Waals surface area contributed by atoms with E-state index in [1.807, 2.05) is 62.4 Å². The molecule has 5 heteroatoms. The second-order valence-corrected chi connectivity index (χ2v) is 6.87. The molecule has 0 unspecified atom stereocenters. The first-order valence-corrected chi connectivity index (χ1v) is 9.06. The summed E-state index contributed by atoms with van der Waals surface area (Å²) < 4.78 is 5.30. The van der Waals surface area contributed by atoms with Crippen LogP contribution in [-0.2, 0) is 6.54 Å². The Hall–Kier alpha value is -3.60. The van der Waals surface area contributed by atoms with Crippen LogP contribution in [0.3, 0.4) is 0 Å².